The molecule has 0 amide bonds. The molecule has 0 saturated heterocycles. The minimum Gasteiger partial charge on any atom is -0.208 e. The Morgan fingerprint density at radius 2 is 1.89 bits per heavy atom. The van der Waals surface area contributed by atoms with Crippen LogP contribution in [0.4, 0.5) is 0 Å². The summed E-state index contributed by atoms with van der Waals surface area (Å²) >= 11 is 6.71. The SMILES string of the molecule is Cc1cc(Br)c(S(=O)(=O)NC(C)C2CCC2)cc1Br. The van der Waals surface area contributed by atoms with Gasteiger partial charge >= 0.3 is 0 Å². The number of nitrogens with one attached hydrogen (secondary N) is 1. The van der Waals surface area contributed by atoms with Gasteiger partial charge in [-0.05, 0) is 66.2 Å². The monoisotopic (exact) mass is 409 g/mol. The average Bonchev–Trinajstić information content (AvgIpc) is 2.19. The Kier molecular flexibility index (Phi) is 4.75. The Morgan fingerprint density at radius 3 is 2.42 bits per heavy atom. The standard InChI is InChI=1S/C13H17Br2NO2S/c1-8-6-12(15)13(7-11(8)14)19(17,18)16-9(2)10-4-3-5-10/h6-7,9-10,16H,3-5H2,1-2H3. The number of rotatable bonds is 4. The van der Waals surface area contributed by atoms with Crippen LogP contribution in [-0.2, 0) is 10.0 Å². The second-order valence-corrected chi connectivity index (χ2v) is 8.52. The lowest BCUT2D eigenvalue weighted by Crippen LogP contribution is -2.40. The van der Waals surface area contributed by atoms with E-state index in [9.17, 15) is 8.42 Å². The van der Waals surface area contributed by atoms with Gasteiger partial charge in [0.05, 0.1) is 4.90 Å². The van der Waals surface area contributed by atoms with Crippen molar-refractivity contribution in [2.75, 3.05) is 0 Å². The van der Waals surface area contributed by atoms with E-state index in [1.807, 2.05) is 19.9 Å². The van der Waals surface area contributed by atoms with Crippen molar-refractivity contribution in [1.29, 1.82) is 0 Å². The molecule has 1 aliphatic carbocycles. The highest BCUT2D eigenvalue weighted by Crippen LogP contribution is 2.32. The fraction of sp³-hybridized carbons (Fsp3) is 0.538. The minimum absolute atomic E-state index is 0.00858. The molecule has 1 aromatic carbocycles. The van der Waals surface area contributed by atoms with Gasteiger partial charge in [0.15, 0.2) is 0 Å². The fourth-order valence-corrected chi connectivity index (χ4v) is 5.17. The van der Waals surface area contributed by atoms with Crippen LogP contribution >= 0.6 is 31.9 Å². The van der Waals surface area contributed by atoms with Gasteiger partial charge in [-0.25, -0.2) is 13.1 Å². The third-order valence-corrected chi connectivity index (χ3v) is 7.07. The van der Waals surface area contributed by atoms with E-state index >= 15 is 0 Å². The highest BCUT2D eigenvalue weighted by molar-refractivity contribution is 9.11. The van der Waals surface area contributed by atoms with Crippen LogP contribution in [-0.4, -0.2) is 14.5 Å². The number of aryl methyl sites for hydroxylation is 1. The number of benzene rings is 1. The molecular weight excluding hydrogens is 394 g/mol. The normalized spacial score (nSPS) is 18.1. The largest absolute Gasteiger partial charge is 0.241 e. The van der Waals surface area contributed by atoms with Crippen molar-refractivity contribution in [2.24, 2.45) is 5.92 Å². The lowest BCUT2D eigenvalue weighted by molar-refractivity contribution is 0.260. The van der Waals surface area contributed by atoms with Crippen LogP contribution in [0, 0.1) is 12.8 Å². The molecule has 0 aliphatic heterocycles. The smallest absolute Gasteiger partial charge is 0.208 e. The molecule has 0 bridgehead atoms. The molecule has 1 aliphatic rings. The molecule has 19 heavy (non-hydrogen) atoms. The van der Waals surface area contributed by atoms with Gasteiger partial charge < -0.3 is 0 Å². The molecule has 3 nitrogen and oxygen atoms in total. The summed E-state index contributed by atoms with van der Waals surface area (Å²) in [7, 11) is -3.48. The Balaban J connectivity index is 2.26. The lowest BCUT2D eigenvalue weighted by Gasteiger charge is -2.31. The Hall–Kier alpha value is 0.0900. The molecule has 0 heterocycles. The molecular formula is C13H17Br2NO2S. The molecule has 106 valence electrons. The molecule has 1 saturated carbocycles. The summed E-state index contributed by atoms with van der Waals surface area (Å²) in [6, 6.07) is 3.45. The quantitative estimate of drug-likeness (QED) is 0.815. The van der Waals surface area contributed by atoms with Crippen molar-refractivity contribution in [3.63, 3.8) is 0 Å². The summed E-state index contributed by atoms with van der Waals surface area (Å²) in [5.74, 6) is 0.474. The fourth-order valence-electron chi connectivity index (χ4n) is 2.18. The maximum Gasteiger partial charge on any atom is 0.241 e. The van der Waals surface area contributed by atoms with Gasteiger partial charge in [-0.2, -0.15) is 0 Å². The zero-order chi connectivity index (χ0) is 14.2. The number of hydrogen-bond acceptors (Lipinski definition) is 2. The number of hydrogen-bond donors (Lipinski definition) is 1. The third-order valence-electron chi connectivity index (χ3n) is 3.70. The topological polar surface area (TPSA) is 46.2 Å². The van der Waals surface area contributed by atoms with E-state index in [1.54, 1.807) is 6.07 Å². The molecule has 6 heteroatoms. The first-order valence-electron chi connectivity index (χ1n) is 6.29. The molecule has 1 unspecified atom stereocenters. The summed E-state index contributed by atoms with van der Waals surface area (Å²) in [6.07, 6.45) is 3.43. The molecule has 2 rings (SSSR count). The van der Waals surface area contributed by atoms with Crippen LogP contribution in [0.3, 0.4) is 0 Å². The predicted octanol–water partition coefficient (Wildman–Crippen LogP) is 3.99. The molecule has 1 aromatic rings. The average molecular weight is 411 g/mol. The first-order valence-corrected chi connectivity index (χ1v) is 9.36. The van der Waals surface area contributed by atoms with Crippen LogP contribution in [0.25, 0.3) is 0 Å². The maximum absolute atomic E-state index is 12.4. The van der Waals surface area contributed by atoms with Crippen molar-refractivity contribution in [3.8, 4) is 0 Å². The van der Waals surface area contributed by atoms with E-state index in [2.05, 4.69) is 36.6 Å². The van der Waals surface area contributed by atoms with Crippen LogP contribution < -0.4 is 4.72 Å². The highest BCUT2D eigenvalue weighted by Gasteiger charge is 2.29. The van der Waals surface area contributed by atoms with Gasteiger partial charge in [0, 0.05) is 15.0 Å². The molecule has 1 atom stereocenters. The maximum atomic E-state index is 12.4. The summed E-state index contributed by atoms with van der Waals surface area (Å²) in [5.41, 5.74) is 0.998. The van der Waals surface area contributed by atoms with Crippen molar-refractivity contribution in [1.82, 2.24) is 4.72 Å². The Labute approximate surface area is 131 Å². The zero-order valence-electron chi connectivity index (χ0n) is 10.9. The van der Waals surface area contributed by atoms with Crippen molar-refractivity contribution < 1.29 is 8.42 Å². The van der Waals surface area contributed by atoms with Gasteiger partial charge in [0.1, 0.15) is 0 Å². The van der Waals surface area contributed by atoms with E-state index in [4.69, 9.17) is 0 Å². The van der Waals surface area contributed by atoms with Crippen molar-refractivity contribution in [3.05, 3.63) is 26.6 Å². The van der Waals surface area contributed by atoms with E-state index in [0.717, 1.165) is 22.9 Å². The lowest BCUT2D eigenvalue weighted by atomic mass is 9.81. The van der Waals surface area contributed by atoms with Gasteiger partial charge in [-0.15, -0.1) is 0 Å². The number of halogens is 2. The summed E-state index contributed by atoms with van der Waals surface area (Å²) in [4.78, 5) is 0.288. The number of sulfonamides is 1. The summed E-state index contributed by atoms with van der Waals surface area (Å²) in [5, 5.41) is 0. The predicted molar refractivity (Wildman–Crippen MR) is 83.7 cm³/mol. The Bertz CT molecular complexity index is 583. The second kappa shape index (κ2) is 5.84. The minimum atomic E-state index is -3.48. The van der Waals surface area contributed by atoms with Gasteiger partial charge in [-0.3, -0.25) is 0 Å². The first-order chi connectivity index (χ1) is 8.81. The van der Waals surface area contributed by atoms with E-state index in [1.165, 1.54) is 6.42 Å². The summed E-state index contributed by atoms with van der Waals surface area (Å²) < 4.78 is 29.0. The van der Waals surface area contributed by atoms with Crippen LogP contribution in [0.1, 0.15) is 31.7 Å². The van der Waals surface area contributed by atoms with E-state index in [0.29, 0.717) is 10.4 Å². The Morgan fingerprint density at radius 1 is 1.26 bits per heavy atom. The summed E-state index contributed by atoms with van der Waals surface area (Å²) in [6.45, 7) is 3.87. The van der Waals surface area contributed by atoms with Gasteiger partial charge in [-0.1, -0.05) is 22.4 Å². The molecule has 1 N–H and O–H groups in total. The van der Waals surface area contributed by atoms with Gasteiger partial charge in [0.25, 0.3) is 0 Å². The van der Waals surface area contributed by atoms with Crippen molar-refractivity contribution in [2.45, 2.75) is 44.0 Å². The first kappa shape index (κ1) is 15.5. The highest BCUT2D eigenvalue weighted by atomic mass is 79.9. The van der Waals surface area contributed by atoms with Crippen LogP contribution in [0.15, 0.2) is 26.0 Å². The molecule has 1 fully saturated rings. The van der Waals surface area contributed by atoms with Gasteiger partial charge in [0.2, 0.25) is 10.0 Å². The van der Waals surface area contributed by atoms with E-state index in [-0.39, 0.29) is 10.9 Å². The zero-order valence-corrected chi connectivity index (χ0v) is 14.9. The molecule has 0 aromatic heterocycles. The van der Waals surface area contributed by atoms with E-state index < -0.39 is 10.0 Å². The van der Waals surface area contributed by atoms with Crippen LogP contribution in [0.2, 0.25) is 0 Å². The van der Waals surface area contributed by atoms with Crippen LogP contribution in [0.5, 0.6) is 0 Å². The molecule has 0 spiro atoms. The second-order valence-electron chi connectivity index (χ2n) is 5.13. The molecule has 0 radical (unpaired) electrons. The van der Waals surface area contributed by atoms with Crippen molar-refractivity contribution >= 4 is 41.9 Å². The third kappa shape index (κ3) is 3.40.